The number of halogens is 4. The second kappa shape index (κ2) is 5.59. The lowest BCUT2D eigenvalue weighted by Crippen LogP contribution is -2.41. The molecular weight excluding hydrogens is 262 g/mol. The highest BCUT2D eigenvalue weighted by Gasteiger charge is 2.29. The van der Waals surface area contributed by atoms with Crippen molar-refractivity contribution >= 4 is 5.91 Å². The Labute approximate surface area is 108 Å². The van der Waals surface area contributed by atoms with Crippen LogP contribution in [-0.2, 0) is 4.79 Å². The third-order valence-corrected chi connectivity index (χ3v) is 3.28. The molecule has 1 aromatic rings. The van der Waals surface area contributed by atoms with Gasteiger partial charge in [0, 0.05) is 19.0 Å². The van der Waals surface area contributed by atoms with Crippen LogP contribution in [0.15, 0.2) is 18.2 Å². The number of alkyl halides is 2. The van der Waals surface area contributed by atoms with Crippen LogP contribution in [0.2, 0.25) is 0 Å². The first-order valence-electron chi connectivity index (χ1n) is 5.98. The molecule has 1 aliphatic heterocycles. The molecule has 1 amide bonds. The molecule has 0 aromatic heterocycles. The number of piperidine rings is 1. The molecule has 0 aliphatic carbocycles. The number of hydrogen-bond donors (Lipinski definition) is 0. The van der Waals surface area contributed by atoms with Gasteiger partial charge in [-0.15, -0.1) is 0 Å². The number of hydrogen-bond acceptors (Lipinski definition) is 1. The van der Waals surface area contributed by atoms with Gasteiger partial charge in [-0.2, -0.15) is 0 Å². The van der Waals surface area contributed by atoms with Crippen LogP contribution in [0.5, 0.6) is 0 Å². The average molecular weight is 275 g/mol. The van der Waals surface area contributed by atoms with E-state index in [2.05, 4.69) is 0 Å². The topological polar surface area (TPSA) is 20.3 Å². The standard InChI is InChI=1S/C13H13F4NO/c14-9-1-2-10(11(15)6-9)8-3-4-18(7-12(16)17)13(19)5-8/h1-2,6,8,12H,3-5,7H2. The second-order valence-corrected chi connectivity index (χ2v) is 4.59. The van der Waals surface area contributed by atoms with Gasteiger partial charge in [-0.3, -0.25) is 4.79 Å². The minimum atomic E-state index is -2.57. The molecular formula is C13H13F4NO. The molecule has 2 nitrogen and oxygen atoms in total. The molecule has 0 bridgehead atoms. The average Bonchev–Trinajstić information content (AvgIpc) is 2.31. The van der Waals surface area contributed by atoms with Gasteiger partial charge in [0.15, 0.2) is 0 Å². The van der Waals surface area contributed by atoms with E-state index in [9.17, 15) is 22.4 Å². The summed E-state index contributed by atoms with van der Waals surface area (Å²) in [6, 6.07) is 3.21. The summed E-state index contributed by atoms with van der Waals surface area (Å²) >= 11 is 0. The molecule has 6 heteroatoms. The van der Waals surface area contributed by atoms with Gasteiger partial charge < -0.3 is 4.90 Å². The van der Waals surface area contributed by atoms with Crippen molar-refractivity contribution in [1.82, 2.24) is 4.90 Å². The number of nitrogens with zero attached hydrogens (tertiary/aromatic N) is 1. The number of carbonyl (C=O) groups is 1. The van der Waals surface area contributed by atoms with Crippen LogP contribution >= 0.6 is 0 Å². The molecule has 1 aliphatic rings. The highest BCUT2D eigenvalue weighted by atomic mass is 19.3. The van der Waals surface area contributed by atoms with Gasteiger partial charge in [0.05, 0.1) is 6.54 Å². The van der Waals surface area contributed by atoms with Crippen LogP contribution in [-0.4, -0.2) is 30.3 Å². The van der Waals surface area contributed by atoms with Crippen molar-refractivity contribution in [1.29, 1.82) is 0 Å². The smallest absolute Gasteiger partial charge is 0.255 e. The maximum atomic E-state index is 13.6. The van der Waals surface area contributed by atoms with Crippen LogP contribution < -0.4 is 0 Å². The Morgan fingerprint density at radius 3 is 2.63 bits per heavy atom. The first-order chi connectivity index (χ1) is 8.97. The largest absolute Gasteiger partial charge is 0.337 e. The van der Waals surface area contributed by atoms with E-state index in [4.69, 9.17) is 0 Å². The van der Waals surface area contributed by atoms with Crippen molar-refractivity contribution < 1.29 is 22.4 Å². The van der Waals surface area contributed by atoms with Crippen molar-refractivity contribution in [2.24, 2.45) is 0 Å². The lowest BCUT2D eigenvalue weighted by Gasteiger charge is -2.31. The second-order valence-electron chi connectivity index (χ2n) is 4.59. The van der Waals surface area contributed by atoms with E-state index in [1.54, 1.807) is 0 Å². The summed E-state index contributed by atoms with van der Waals surface area (Å²) in [6.07, 6.45) is -2.18. The molecule has 0 spiro atoms. The maximum Gasteiger partial charge on any atom is 0.255 e. The van der Waals surface area contributed by atoms with Crippen LogP contribution in [0.3, 0.4) is 0 Å². The Balaban J connectivity index is 2.07. The third kappa shape index (κ3) is 3.24. The first-order valence-corrected chi connectivity index (χ1v) is 5.98. The fraction of sp³-hybridized carbons (Fsp3) is 0.462. The fourth-order valence-corrected chi connectivity index (χ4v) is 2.34. The van der Waals surface area contributed by atoms with Crippen LogP contribution in [0, 0.1) is 11.6 Å². The monoisotopic (exact) mass is 275 g/mol. The molecule has 0 saturated carbocycles. The van der Waals surface area contributed by atoms with Crippen LogP contribution in [0.4, 0.5) is 17.6 Å². The van der Waals surface area contributed by atoms with Crippen molar-refractivity contribution in [2.45, 2.75) is 25.2 Å². The van der Waals surface area contributed by atoms with Crippen molar-refractivity contribution in [2.75, 3.05) is 13.1 Å². The van der Waals surface area contributed by atoms with E-state index in [0.717, 1.165) is 17.0 Å². The van der Waals surface area contributed by atoms with Gasteiger partial charge in [-0.1, -0.05) is 6.07 Å². The van der Waals surface area contributed by atoms with Gasteiger partial charge in [0.25, 0.3) is 6.43 Å². The molecule has 0 radical (unpaired) electrons. The van der Waals surface area contributed by atoms with E-state index in [-0.39, 0.29) is 24.4 Å². The predicted octanol–water partition coefficient (Wildman–Crippen LogP) is 2.94. The quantitative estimate of drug-likeness (QED) is 0.777. The van der Waals surface area contributed by atoms with Crippen molar-refractivity contribution in [3.63, 3.8) is 0 Å². The Kier molecular flexibility index (Phi) is 4.07. The molecule has 2 rings (SSSR count). The number of benzene rings is 1. The molecule has 0 N–H and O–H groups in total. The van der Waals surface area contributed by atoms with E-state index < -0.39 is 30.5 Å². The summed E-state index contributed by atoms with van der Waals surface area (Å²) < 4.78 is 50.8. The summed E-state index contributed by atoms with van der Waals surface area (Å²) in [5.41, 5.74) is 0.270. The number of amides is 1. The minimum absolute atomic E-state index is 0.0186. The molecule has 1 saturated heterocycles. The van der Waals surface area contributed by atoms with Gasteiger partial charge >= 0.3 is 0 Å². The molecule has 1 unspecified atom stereocenters. The molecule has 19 heavy (non-hydrogen) atoms. The Morgan fingerprint density at radius 1 is 1.32 bits per heavy atom. The zero-order valence-corrected chi connectivity index (χ0v) is 10.1. The van der Waals surface area contributed by atoms with Gasteiger partial charge in [-0.25, -0.2) is 17.6 Å². The number of rotatable bonds is 3. The summed E-state index contributed by atoms with van der Waals surface area (Å²) in [7, 11) is 0. The Bertz CT molecular complexity index is 478. The Hall–Kier alpha value is -1.59. The summed E-state index contributed by atoms with van der Waals surface area (Å²) in [5, 5.41) is 0. The predicted molar refractivity (Wildman–Crippen MR) is 60.9 cm³/mol. The zero-order chi connectivity index (χ0) is 14.0. The minimum Gasteiger partial charge on any atom is -0.337 e. The highest BCUT2D eigenvalue weighted by Crippen LogP contribution is 2.30. The number of carbonyl (C=O) groups excluding carboxylic acids is 1. The molecule has 1 aromatic carbocycles. The molecule has 104 valence electrons. The van der Waals surface area contributed by atoms with E-state index in [1.807, 2.05) is 0 Å². The normalized spacial score (nSPS) is 20.2. The highest BCUT2D eigenvalue weighted by molar-refractivity contribution is 5.78. The lowest BCUT2D eigenvalue weighted by molar-refractivity contribution is -0.135. The van der Waals surface area contributed by atoms with Crippen molar-refractivity contribution in [3.8, 4) is 0 Å². The summed E-state index contributed by atoms with van der Waals surface area (Å²) in [5.74, 6) is -2.16. The third-order valence-electron chi connectivity index (χ3n) is 3.28. The first kappa shape index (κ1) is 13.8. The van der Waals surface area contributed by atoms with Gasteiger partial charge in [-0.05, 0) is 24.0 Å². The van der Waals surface area contributed by atoms with Crippen LogP contribution in [0.25, 0.3) is 0 Å². The van der Waals surface area contributed by atoms with Gasteiger partial charge in [0.1, 0.15) is 11.6 Å². The molecule has 1 atom stereocenters. The SMILES string of the molecule is O=C1CC(c2ccc(F)cc2F)CCN1CC(F)F. The Morgan fingerprint density at radius 2 is 2.05 bits per heavy atom. The van der Waals surface area contributed by atoms with Gasteiger partial charge in [0.2, 0.25) is 5.91 Å². The lowest BCUT2D eigenvalue weighted by atomic mass is 9.88. The zero-order valence-electron chi connectivity index (χ0n) is 10.1. The number of likely N-dealkylation sites (tertiary alicyclic amines) is 1. The van der Waals surface area contributed by atoms with E-state index in [1.165, 1.54) is 6.07 Å². The fourth-order valence-electron chi connectivity index (χ4n) is 2.34. The summed E-state index contributed by atoms with van der Waals surface area (Å²) in [6.45, 7) is -0.415. The molecule has 1 heterocycles. The maximum absolute atomic E-state index is 13.6. The van der Waals surface area contributed by atoms with E-state index >= 15 is 0 Å². The molecule has 1 fully saturated rings. The van der Waals surface area contributed by atoms with Crippen LogP contribution in [0.1, 0.15) is 24.3 Å². The van der Waals surface area contributed by atoms with Crippen molar-refractivity contribution in [3.05, 3.63) is 35.4 Å². The van der Waals surface area contributed by atoms with E-state index in [0.29, 0.717) is 6.42 Å². The summed E-state index contributed by atoms with van der Waals surface area (Å²) in [4.78, 5) is 12.8.